The lowest BCUT2D eigenvalue weighted by Gasteiger charge is -2.34. The first-order valence-corrected chi connectivity index (χ1v) is 7.02. The Morgan fingerprint density at radius 1 is 1.44 bits per heavy atom. The zero-order valence-corrected chi connectivity index (χ0v) is 10.1. The minimum atomic E-state index is -4.74. The molecule has 0 radical (unpaired) electrons. The number of hydrogen-bond acceptors (Lipinski definition) is 2. The van der Waals surface area contributed by atoms with Gasteiger partial charge in [-0.25, -0.2) is 4.39 Å². The minimum Gasteiger partial charge on any atom is -0.283 e. The molecule has 2 saturated carbocycles. The summed E-state index contributed by atoms with van der Waals surface area (Å²) >= 11 is 0. The molecule has 2 fully saturated rings. The number of alkyl halides is 1. The zero-order valence-electron chi connectivity index (χ0n) is 9.32. The largest absolute Gasteiger partial charge is 0.304 e. The molecule has 0 amide bonds. The van der Waals surface area contributed by atoms with Crippen LogP contribution in [0.1, 0.15) is 32.6 Å². The van der Waals surface area contributed by atoms with Crippen molar-refractivity contribution >= 4 is 10.1 Å². The molecule has 0 aromatic heterocycles. The summed E-state index contributed by atoms with van der Waals surface area (Å²) in [5.74, 6) is -0.112. The van der Waals surface area contributed by atoms with Crippen molar-refractivity contribution < 1.29 is 17.4 Å². The summed E-state index contributed by atoms with van der Waals surface area (Å²) in [6, 6.07) is 0. The molecule has 2 rings (SSSR count). The SMILES string of the molecule is C=C(C)C(F)(C1CC2CCC1C2)S(=O)(=O)O. The van der Waals surface area contributed by atoms with Crippen molar-refractivity contribution in [3.8, 4) is 0 Å². The van der Waals surface area contributed by atoms with Gasteiger partial charge in [-0.2, -0.15) is 8.42 Å². The molecule has 0 saturated heterocycles. The molecule has 4 atom stereocenters. The fourth-order valence-electron chi connectivity index (χ4n) is 3.43. The van der Waals surface area contributed by atoms with Crippen LogP contribution in [0.4, 0.5) is 4.39 Å². The van der Waals surface area contributed by atoms with Gasteiger partial charge in [0.2, 0.25) is 0 Å². The molecule has 2 aliphatic rings. The lowest BCUT2D eigenvalue weighted by atomic mass is 9.83. The molecule has 0 spiro atoms. The average molecular weight is 248 g/mol. The third-order valence-electron chi connectivity index (χ3n) is 4.17. The number of hydrogen-bond donors (Lipinski definition) is 1. The van der Waals surface area contributed by atoms with Gasteiger partial charge in [-0.15, -0.1) is 0 Å². The second-order valence-electron chi connectivity index (χ2n) is 5.18. The Bertz CT molecular complexity index is 417. The predicted molar refractivity (Wildman–Crippen MR) is 59.1 cm³/mol. The van der Waals surface area contributed by atoms with Crippen LogP contribution in [0.5, 0.6) is 0 Å². The zero-order chi connectivity index (χ0) is 12.1. The number of fused-ring (bicyclic) bond motifs is 2. The summed E-state index contributed by atoms with van der Waals surface area (Å²) in [4.78, 5) is 0. The Morgan fingerprint density at radius 3 is 2.38 bits per heavy atom. The maximum Gasteiger partial charge on any atom is 0.304 e. The lowest BCUT2D eigenvalue weighted by Crippen LogP contribution is -2.44. The predicted octanol–water partition coefficient (Wildman–Crippen LogP) is 2.55. The molecule has 92 valence electrons. The van der Waals surface area contributed by atoms with Crippen LogP contribution in [-0.2, 0) is 10.1 Å². The highest BCUT2D eigenvalue weighted by molar-refractivity contribution is 7.87. The lowest BCUT2D eigenvalue weighted by molar-refractivity contribution is 0.143. The van der Waals surface area contributed by atoms with Crippen molar-refractivity contribution in [3.63, 3.8) is 0 Å². The maximum absolute atomic E-state index is 14.6. The van der Waals surface area contributed by atoms with Gasteiger partial charge < -0.3 is 0 Å². The first-order chi connectivity index (χ1) is 7.26. The van der Waals surface area contributed by atoms with E-state index in [1.807, 2.05) is 0 Å². The third kappa shape index (κ3) is 1.52. The van der Waals surface area contributed by atoms with Gasteiger partial charge in [0.15, 0.2) is 0 Å². The highest BCUT2D eigenvalue weighted by Gasteiger charge is 2.58. The van der Waals surface area contributed by atoms with Crippen molar-refractivity contribution in [2.24, 2.45) is 17.8 Å². The Balaban J connectivity index is 2.38. The van der Waals surface area contributed by atoms with Crippen LogP contribution in [0.3, 0.4) is 0 Å². The molecule has 5 heteroatoms. The minimum absolute atomic E-state index is 0.0774. The average Bonchev–Trinajstić information content (AvgIpc) is 2.74. The molecule has 16 heavy (non-hydrogen) atoms. The first-order valence-electron chi connectivity index (χ1n) is 5.58. The molecule has 0 aromatic carbocycles. The Labute approximate surface area is 95.5 Å². The normalized spacial score (nSPS) is 37.3. The van der Waals surface area contributed by atoms with Crippen LogP contribution in [0, 0.1) is 17.8 Å². The molecule has 2 aliphatic carbocycles. The van der Waals surface area contributed by atoms with Gasteiger partial charge in [0, 0.05) is 5.92 Å². The van der Waals surface area contributed by atoms with E-state index in [1.165, 1.54) is 6.92 Å². The fraction of sp³-hybridized carbons (Fsp3) is 0.818. The Kier molecular flexibility index (Phi) is 2.66. The summed E-state index contributed by atoms with van der Waals surface area (Å²) in [5, 5.41) is -2.65. The fourth-order valence-corrected chi connectivity index (χ4v) is 4.54. The summed E-state index contributed by atoms with van der Waals surface area (Å²) in [6.45, 7) is 4.74. The van der Waals surface area contributed by atoms with E-state index in [2.05, 4.69) is 6.58 Å². The van der Waals surface area contributed by atoms with Gasteiger partial charge in [0.25, 0.3) is 5.00 Å². The van der Waals surface area contributed by atoms with Crippen molar-refractivity contribution in [3.05, 3.63) is 12.2 Å². The van der Waals surface area contributed by atoms with Crippen LogP contribution in [0.25, 0.3) is 0 Å². The van der Waals surface area contributed by atoms with Crippen LogP contribution in [0.2, 0.25) is 0 Å². The smallest absolute Gasteiger partial charge is 0.283 e. The van der Waals surface area contributed by atoms with Gasteiger partial charge in [-0.05, 0) is 43.6 Å². The van der Waals surface area contributed by atoms with Crippen molar-refractivity contribution in [1.29, 1.82) is 0 Å². The molecular formula is C11H17FO3S. The molecule has 0 heterocycles. The van der Waals surface area contributed by atoms with Gasteiger partial charge >= 0.3 is 10.1 Å². The second-order valence-corrected chi connectivity index (χ2v) is 6.73. The first kappa shape index (κ1) is 12.0. The molecule has 4 unspecified atom stereocenters. The molecule has 1 N–H and O–H groups in total. The van der Waals surface area contributed by atoms with Gasteiger partial charge in [-0.1, -0.05) is 13.0 Å². The summed E-state index contributed by atoms with van der Waals surface area (Å²) in [6.07, 6.45) is 3.36. The van der Waals surface area contributed by atoms with E-state index in [0.717, 1.165) is 19.3 Å². The van der Waals surface area contributed by atoms with Crippen molar-refractivity contribution in [1.82, 2.24) is 0 Å². The molecule has 3 nitrogen and oxygen atoms in total. The topological polar surface area (TPSA) is 54.4 Å². The standard InChI is InChI=1S/C11H17FO3S/c1-7(2)11(12,16(13,14)15)10-6-8-3-4-9(10)5-8/h8-10H,1,3-6H2,2H3,(H,13,14,15). The Morgan fingerprint density at radius 2 is 2.06 bits per heavy atom. The van der Waals surface area contributed by atoms with Gasteiger partial charge in [0.05, 0.1) is 0 Å². The van der Waals surface area contributed by atoms with Gasteiger partial charge in [-0.3, -0.25) is 4.55 Å². The van der Waals surface area contributed by atoms with Crippen molar-refractivity contribution in [2.45, 2.75) is 37.6 Å². The van der Waals surface area contributed by atoms with Crippen LogP contribution >= 0.6 is 0 Å². The molecule has 2 bridgehead atoms. The van der Waals surface area contributed by atoms with E-state index in [-0.39, 0.29) is 11.5 Å². The van der Waals surface area contributed by atoms with E-state index in [4.69, 9.17) is 4.55 Å². The van der Waals surface area contributed by atoms with Crippen LogP contribution in [-0.4, -0.2) is 18.0 Å². The quantitative estimate of drug-likeness (QED) is 0.617. The second kappa shape index (κ2) is 3.53. The van der Waals surface area contributed by atoms with E-state index in [0.29, 0.717) is 12.3 Å². The van der Waals surface area contributed by atoms with E-state index in [9.17, 15) is 12.8 Å². The van der Waals surface area contributed by atoms with E-state index < -0.39 is 21.0 Å². The van der Waals surface area contributed by atoms with Crippen LogP contribution in [0.15, 0.2) is 12.2 Å². The van der Waals surface area contributed by atoms with Crippen LogP contribution < -0.4 is 0 Å². The monoisotopic (exact) mass is 248 g/mol. The van der Waals surface area contributed by atoms with Crippen molar-refractivity contribution in [2.75, 3.05) is 0 Å². The summed E-state index contributed by atoms with van der Waals surface area (Å²) < 4.78 is 46.3. The van der Waals surface area contributed by atoms with Gasteiger partial charge in [0.1, 0.15) is 0 Å². The Hall–Kier alpha value is -0.420. The molecular weight excluding hydrogens is 231 g/mol. The summed E-state index contributed by atoms with van der Waals surface area (Å²) in [7, 11) is -4.74. The highest BCUT2D eigenvalue weighted by Crippen LogP contribution is 2.55. The third-order valence-corrected chi connectivity index (χ3v) is 5.57. The highest BCUT2D eigenvalue weighted by atomic mass is 32.2. The number of rotatable bonds is 3. The van der Waals surface area contributed by atoms with E-state index in [1.54, 1.807) is 0 Å². The maximum atomic E-state index is 14.6. The van der Waals surface area contributed by atoms with E-state index >= 15 is 0 Å². The number of halogens is 1. The summed E-state index contributed by atoms with van der Waals surface area (Å²) in [5.41, 5.74) is -0.104. The molecule has 0 aromatic rings. The molecule has 0 aliphatic heterocycles.